The maximum atomic E-state index is 11.8. The van der Waals surface area contributed by atoms with E-state index in [4.69, 9.17) is 4.74 Å². The van der Waals surface area contributed by atoms with Crippen molar-refractivity contribution in [2.24, 2.45) is 0 Å². The molecule has 0 spiro atoms. The summed E-state index contributed by atoms with van der Waals surface area (Å²) in [6, 6.07) is 1.69. The highest BCUT2D eigenvalue weighted by molar-refractivity contribution is 7.98. The lowest BCUT2D eigenvalue weighted by atomic mass is 10.3. The zero-order valence-electron chi connectivity index (χ0n) is 11.0. The lowest BCUT2D eigenvalue weighted by Crippen LogP contribution is -2.26. The summed E-state index contributed by atoms with van der Waals surface area (Å²) in [6.07, 6.45) is 2.69. The second kappa shape index (κ2) is 8.05. The van der Waals surface area contributed by atoms with Gasteiger partial charge in [-0.3, -0.25) is 4.79 Å². The van der Waals surface area contributed by atoms with Gasteiger partial charge in [-0.15, -0.1) is 0 Å². The normalized spacial score (nSPS) is 10.4. The molecule has 1 heterocycles. The van der Waals surface area contributed by atoms with Gasteiger partial charge >= 0.3 is 0 Å². The molecule has 1 amide bonds. The molecule has 1 N–H and O–H groups in total. The number of nitrogens with one attached hydrogen (secondary N) is 1. The third-order valence-corrected chi connectivity index (χ3v) is 2.75. The van der Waals surface area contributed by atoms with E-state index in [0.29, 0.717) is 30.6 Å². The highest BCUT2D eigenvalue weighted by atomic mass is 32.2. The molecular formula is C12H19N3O2S. The first kappa shape index (κ1) is 14.9. The number of rotatable bonds is 7. The quantitative estimate of drug-likeness (QED) is 0.463. The molecule has 0 atom stereocenters. The fraction of sp³-hybridized carbons (Fsp3) is 0.583. The van der Waals surface area contributed by atoms with E-state index in [2.05, 4.69) is 15.3 Å². The molecule has 0 bridgehead atoms. The van der Waals surface area contributed by atoms with Crippen molar-refractivity contribution in [1.82, 2.24) is 15.3 Å². The van der Waals surface area contributed by atoms with Crippen molar-refractivity contribution in [3.63, 3.8) is 0 Å². The molecule has 0 radical (unpaired) electrons. The monoisotopic (exact) mass is 269 g/mol. The van der Waals surface area contributed by atoms with Gasteiger partial charge in [-0.1, -0.05) is 11.8 Å². The van der Waals surface area contributed by atoms with Crippen molar-refractivity contribution in [2.75, 3.05) is 26.0 Å². The minimum atomic E-state index is -0.160. The van der Waals surface area contributed by atoms with Crippen LogP contribution in [0.3, 0.4) is 0 Å². The van der Waals surface area contributed by atoms with Gasteiger partial charge in [-0.25, -0.2) is 9.97 Å². The van der Waals surface area contributed by atoms with Gasteiger partial charge in [0, 0.05) is 25.5 Å². The van der Waals surface area contributed by atoms with E-state index in [0.717, 1.165) is 12.1 Å². The summed E-state index contributed by atoms with van der Waals surface area (Å²) in [6.45, 7) is 5.77. The lowest BCUT2D eigenvalue weighted by Gasteiger charge is -2.06. The average molecular weight is 269 g/mol. The van der Waals surface area contributed by atoms with Crippen LogP contribution in [0.1, 0.15) is 29.5 Å². The summed E-state index contributed by atoms with van der Waals surface area (Å²) in [7, 11) is 0. The van der Waals surface area contributed by atoms with E-state index in [-0.39, 0.29) is 5.91 Å². The molecule has 5 nitrogen and oxygen atoms in total. The first-order valence-corrected chi connectivity index (χ1v) is 7.15. The van der Waals surface area contributed by atoms with E-state index in [9.17, 15) is 4.79 Å². The van der Waals surface area contributed by atoms with Gasteiger partial charge in [0.1, 0.15) is 5.69 Å². The molecule has 6 heteroatoms. The molecule has 0 aliphatic carbocycles. The number of amides is 1. The number of hydrogen-bond donors (Lipinski definition) is 1. The van der Waals surface area contributed by atoms with E-state index < -0.39 is 0 Å². The Bertz CT molecular complexity index is 399. The van der Waals surface area contributed by atoms with Gasteiger partial charge < -0.3 is 10.1 Å². The molecule has 1 rings (SSSR count). The third kappa shape index (κ3) is 5.01. The van der Waals surface area contributed by atoms with Crippen LogP contribution in [0.15, 0.2) is 11.2 Å². The number of aryl methyl sites for hydroxylation is 1. The Labute approximate surface area is 112 Å². The average Bonchev–Trinajstić information content (AvgIpc) is 2.37. The first-order chi connectivity index (χ1) is 8.67. The molecule has 1 aromatic heterocycles. The number of thioether (sulfide) groups is 1. The fourth-order valence-electron chi connectivity index (χ4n) is 1.36. The predicted octanol–water partition coefficient (Wildman–Crippen LogP) is 1.66. The van der Waals surface area contributed by atoms with Gasteiger partial charge in [-0.05, 0) is 32.6 Å². The highest BCUT2D eigenvalue weighted by Gasteiger charge is 2.09. The van der Waals surface area contributed by atoms with Gasteiger partial charge in [0.05, 0.1) is 0 Å². The standard InChI is InChI=1S/C12H19N3O2S/c1-4-17-7-5-6-13-11(16)10-8-9(2)14-12(15-10)18-3/h8H,4-7H2,1-3H3,(H,13,16). The maximum absolute atomic E-state index is 11.8. The number of hydrogen-bond acceptors (Lipinski definition) is 5. The zero-order chi connectivity index (χ0) is 13.4. The second-order valence-corrected chi connectivity index (χ2v) is 4.46. The summed E-state index contributed by atoms with van der Waals surface area (Å²) >= 11 is 1.43. The third-order valence-electron chi connectivity index (χ3n) is 2.20. The summed E-state index contributed by atoms with van der Waals surface area (Å²) in [5.41, 5.74) is 1.22. The van der Waals surface area contributed by atoms with Crippen LogP contribution in [0, 0.1) is 6.92 Å². The molecule has 1 aromatic rings. The summed E-state index contributed by atoms with van der Waals surface area (Å²) in [5, 5.41) is 3.44. The van der Waals surface area contributed by atoms with Crippen molar-refractivity contribution < 1.29 is 9.53 Å². The smallest absolute Gasteiger partial charge is 0.270 e. The van der Waals surface area contributed by atoms with Crippen LogP contribution >= 0.6 is 11.8 Å². The van der Waals surface area contributed by atoms with E-state index >= 15 is 0 Å². The minimum absolute atomic E-state index is 0.160. The lowest BCUT2D eigenvalue weighted by molar-refractivity contribution is 0.0938. The van der Waals surface area contributed by atoms with E-state index in [1.54, 1.807) is 6.07 Å². The predicted molar refractivity (Wildman–Crippen MR) is 72.0 cm³/mol. The van der Waals surface area contributed by atoms with Gasteiger partial charge in [0.2, 0.25) is 0 Å². The van der Waals surface area contributed by atoms with Crippen LogP contribution in [0.2, 0.25) is 0 Å². The van der Waals surface area contributed by atoms with Gasteiger partial charge in [0.25, 0.3) is 5.91 Å². The number of carbonyl (C=O) groups excluding carboxylic acids is 1. The summed E-state index contributed by atoms with van der Waals surface area (Å²) < 4.78 is 5.20. The molecule has 0 aliphatic rings. The molecule has 18 heavy (non-hydrogen) atoms. The number of carbonyl (C=O) groups is 1. The van der Waals surface area contributed by atoms with Gasteiger partial charge in [0.15, 0.2) is 5.16 Å². The maximum Gasteiger partial charge on any atom is 0.270 e. The van der Waals surface area contributed by atoms with Crippen LogP contribution in [0.4, 0.5) is 0 Å². The Morgan fingerprint density at radius 3 is 2.94 bits per heavy atom. The zero-order valence-corrected chi connectivity index (χ0v) is 11.8. The number of nitrogens with zero attached hydrogens (tertiary/aromatic N) is 2. The second-order valence-electron chi connectivity index (χ2n) is 3.69. The SMILES string of the molecule is CCOCCCNC(=O)c1cc(C)nc(SC)n1. The van der Waals surface area contributed by atoms with Crippen LogP contribution in [0.25, 0.3) is 0 Å². The van der Waals surface area contributed by atoms with Crippen molar-refractivity contribution in [3.05, 3.63) is 17.5 Å². The molecule has 0 saturated heterocycles. The number of ether oxygens (including phenoxy) is 1. The van der Waals surface area contributed by atoms with Crippen molar-refractivity contribution in [1.29, 1.82) is 0 Å². The number of aromatic nitrogens is 2. The largest absolute Gasteiger partial charge is 0.382 e. The molecule has 0 fully saturated rings. The fourth-order valence-corrected chi connectivity index (χ4v) is 1.78. The summed E-state index contributed by atoms with van der Waals surface area (Å²) in [5.74, 6) is -0.160. The minimum Gasteiger partial charge on any atom is -0.382 e. The molecule has 0 saturated carbocycles. The molecule has 0 aliphatic heterocycles. The van der Waals surface area contributed by atoms with Crippen LogP contribution in [-0.4, -0.2) is 41.9 Å². The van der Waals surface area contributed by atoms with Crippen LogP contribution in [0.5, 0.6) is 0 Å². The molecular weight excluding hydrogens is 250 g/mol. The first-order valence-electron chi connectivity index (χ1n) is 5.93. The van der Waals surface area contributed by atoms with E-state index in [1.807, 2.05) is 20.1 Å². The van der Waals surface area contributed by atoms with Crippen LogP contribution in [-0.2, 0) is 4.74 Å². The highest BCUT2D eigenvalue weighted by Crippen LogP contribution is 2.10. The Morgan fingerprint density at radius 2 is 2.28 bits per heavy atom. The molecule has 100 valence electrons. The Kier molecular flexibility index (Phi) is 6.67. The van der Waals surface area contributed by atoms with E-state index in [1.165, 1.54) is 11.8 Å². The Morgan fingerprint density at radius 1 is 1.50 bits per heavy atom. The topological polar surface area (TPSA) is 64.1 Å². The summed E-state index contributed by atoms with van der Waals surface area (Å²) in [4.78, 5) is 20.2. The molecule has 0 unspecified atom stereocenters. The molecule has 0 aromatic carbocycles. The van der Waals surface area contributed by atoms with Crippen LogP contribution < -0.4 is 5.32 Å². The van der Waals surface area contributed by atoms with Crippen molar-refractivity contribution >= 4 is 17.7 Å². The van der Waals surface area contributed by atoms with Crippen molar-refractivity contribution in [2.45, 2.75) is 25.4 Å². The van der Waals surface area contributed by atoms with Crippen molar-refractivity contribution in [3.8, 4) is 0 Å². The Balaban J connectivity index is 2.48. The van der Waals surface area contributed by atoms with Gasteiger partial charge in [-0.2, -0.15) is 0 Å². The Hall–Kier alpha value is -1.14.